The van der Waals surface area contributed by atoms with Crippen LogP contribution in [0.3, 0.4) is 0 Å². The molecule has 1 aromatic carbocycles. The van der Waals surface area contributed by atoms with Gasteiger partial charge in [0.2, 0.25) is 0 Å². The molecule has 0 aliphatic rings. The molecule has 27 heavy (non-hydrogen) atoms. The van der Waals surface area contributed by atoms with Gasteiger partial charge in [0.25, 0.3) is 0 Å². The number of amides is 1. The summed E-state index contributed by atoms with van der Waals surface area (Å²) >= 11 is 0. The molecule has 6 nitrogen and oxygen atoms in total. The zero-order chi connectivity index (χ0) is 20.8. The maximum absolute atomic E-state index is 12.9. The van der Waals surface area contributed by atoms with Crippen LogP contribution in [0.2, 0.25) is 0 Å². The molecule has 0 aromatic heterocycles. The van der Waals surface area contributed by atoms with Gasteiger partial charge in [0, 0.05) is 19.4 Å². The van der Waals surface area contributed by atoms with Crippen LogP contribution in [-0.4, -0.2) is 37.1 Å². The fraction of sp³-hybridized carbons (Fsp3) is 0.571. The molecular weight excluding hydrogens is 346 g/mol. The average molecular weight is 377 g/mol. The Morgan fingerprint density at radius 1 is 1.11 bits per heavy atom. The third-order valence-electron chi connectivity index (χ3n) is 3.97. The minimum Gasteiger partial charge on any atom is -0.465 e. The number of aryl methyl sites for hydroxylation is 2. The zero-order valence-corrected chi connectivity index (χ0v) is 17.5. The normalized spacial score (nSPS) is 11.1. The molecule has 0 aliphatic heterocycles. The summed E-state index contributed by atoms with van der Waals surface area (Å²) in [5.74, 6) is -0.386. The van der Waals surface area contributed by atoms with E-state index in [1.807, 2.05) is 26.8 Å². The number of ether oxygens (including phenoxy) is 2. The molecule has 0 saturated carbocycles. The standard InChI is InChI=1S/C21H31NO5/c1-8-16(23)10-9-11-22(20(25)27-21(4,5)6)18-15(3)12-14(2)13-17(18)19(24)26-7/h12-13H,8-11H2,1-7H3. The molecule has 1 aromatic rings. The summed E-state index contributed by atoms with van der Waals surface area (Å²) in [4.78, 5) is 38.3. The molecule has 0 atom stereocenters. The van der Waals surface area contributed by atoms with Crippen LogP contribution in [0.25, 0.3) is 0 Å². The van der Waals surface area contributed by atoms with E-state index in [1.54, 1.807) is 26.8 Å². The van der Waals surface area contributed by atoms with Crippen molar-refractivity contribution in [3.05, 3.63) is 28.8 Å². The number of rotatable bonds is 7. The SMILES string of the molecule is CCC(=O)CCCN(C(=O)OC(C)(C)C)c1c(C)cc(C)cc1C(=O)OC. The number of nitrogens with zero attached hydrogens (tertiary/aromatic N) is 1. The van der Waals surface area contributed by atoms with Crippen molar-refractivity contribution in [3.8, 4) is 0 Å². The minimum absolute atomic E-state index is 0.132. The molecule has 1 amide bonds. The maximum Gasteiger partial charge on any atom is 0.414 e. The molecular formula is C21H31NO5. The van der Waals surface area contributed by atoms with Gasteiger partial charge in [-0.15, -0.1) is 0 Å². The van der Waals surface area contributed by atoms with Crippen molar-refractivity contribution in [2.24, 2.45) is 0 Å². The van der Waals surface area contributed by atoms with Gasteiger partial charge in [-0.2, -0.15) is 0 Å². The molecule has 150 valence electrons. The van der Waals surface area contributed by atoms with Gasteiger partial charge in [0.05, 0.1) is 18.4 Å². The van der Waals surface area contributed by atoms with Crippen LogP contribution in [0.4, 0.5) is 10.5 Å². The second-order valence-corrected chi connectivity index (χ2v) is 7.60. The van der Waals surface area contributed by atoms with Gasteiger partial charge in [-0.05, 0) is 58.2 Å². The maximum atomic E-state index is 12.9. The van der Waals surface area contributed by atoms with Gasteiger partial charge < -0.3 is 9.47 Å². The summed E-state index contributed by atoms with van der Waals surface area (Å²) in [5.41, 5.74) is 1.75. The Labute approximate surface area is 161 Å². The molecule has 6 heteroatoms. The number of hydrogen-bond acceptors (Lipinski definition) is 5. The van der Waals surface area contributed by atoms with Gasteiger partial charge >= 0.3 is 12.1 Å². The lowest BCUT2D eigenvalue weighted by atomic mass is 10.0. The molecule has 0 bridgehead atoms. The largest absolute Gasteiger partial charge is 0.465 e. The van der Waals surface area contributed by atoms with E-state index < -0.39 is 17.7 Å². The highest BCUT2D eigenvalue weighted by Crippen LogP contribution is 2.29. The summed E-state index contributed by atoms with van der Waals surface area (Å²) in [6.45, 7) is 11.2. The number of Topliss-reactive ketones (excluding diaryl/α,β-unsaturated/α-hetero) is 1. The molecule has 0 unspecified atom stereocenters. The lowest BCUT2D eigenvalue weighted by Crippen LogP contribution is -2.39. The number of carbonyl (C=O) groups excluding carboxylic acids is 3. The second kappa shape index (κ2) is 9.53. The summed E-state index contributed by atoms with van der Waals surface area (Å²) < 4.78 is 10.4. The van der Waals surface area contributed by atoms with Crippen LogP contribution in [0, 0.1) is 13.8 Å². The highest BCUT2D eigenvalue weighted by Gasteiger charge is 2.28. The summed E-state index contributed by atoms with van der Waals surface area (Å²) in [5, 5.41) is 0. The zero-order valence-electron chi connectivity index (χ0n) is 17.5. The highest BCUT2D eigenvalue weighted by molar-refractivity contribution is 6.02. The van der Waals surface area contributed by atoms with Crippen LogP contribution in [0.1, 0.15) is 68.4 Å². The first-order chi connectivity index (χ1) is 12.5. The van der Waals surface area contributed by atoms with E-state index >= 15 is 0 Å². The fourth-order valence-electron chi connectivity index (χ4n) is 2.81. The van der Waals surface area contributed by atoms with E-state index in [0.29, 0.717) is 30.5 Å². The van der Waals surface area contributed by atoms with Crippen molar-refractivity contribution in [1.82, 2.24) is 0 Å². The van der Waals surface area contributed by atoms with Crippen LogP contribution in [0.15, 0.2) is 12.1 Å². The number of esters is 1. The molecule has 0 spiro atoms. The Hall–Kier alpha value is -2.37. The van der Waals surface area contributed by atoms with Crippen LogP contribution < -0.4 is 4.90 Å². The average Bonchev–Trinajstić information content (AvgIpc) is 2.56. The monoisotopic (exact) mass is 377 g/mol. The Bertz CT molecular complexity index is 703. The van der Waals surface area contributed by atoms with Crippen molar-refractivity contribution in [1.29, 1.82) is 0 Å². The number of carbonyl (C=O) groups is 3. The van der Waals surface area contributed by atoms with Crippen molar-refractivity contribution in [3.63, 3.8) is 0 Å². The van der Waals surface area contributed by atoms with E-state index in [1.165, 1.54) is 12.0 Å². The summed E-state index contributed by atoms with van der Waals surface area (Å²) in [6, 6.07) is 3.60. The van der Waals surface area contributed by atoms with E-state index in [4.69, 9.17) is 9.47 Å². The summed E-state index contributed by atoms with van der Waals surface area (Å²) in [7, 11) is 1.31. The van der Waals surface area contributed by atoms with Crippen LogP contribution in [-0.2, 0) is 14.3 Å². The van der Waals surface area contributed by atoms with E-state index in [-0.39, 0.29) is 12.3 Å². The number of anilines is 1. The van der Waals surface area contributed by atoms with Crippen LogP contribution in [0.5, 0.6) is 0 Å². The Balaban J connectivity index is 3.34. The third kappa shape index (κ3) is 6.70. The second-order valence-electron chi connectivity index (χ2n) is 7.60. The van der Waals surface area contributed by atoms with Gasteiger partial charge in [0.15, 0.2) is 0 Å². The molecule has 0 saturated heterocycles. The molecule has 0 fully saturated rings. The Kier molecular flexibility index (Phi) is 8.00. The van der Waals surface area contributed by atoms with E-state index in [2.05, 4.69) is 0 Å². The first kappa shape index (κ1) is 22.7. The van der Waals surface area contributed by atoms with E-state index in [0.717, 1.165) is 11.1 Å². The molecule has 0 aliphatic carbocycles. The minimum atomic E-state index is -0.682. The molecule has 1 rings (SSSR count). The lowest BCUT2D eigenvalue weighted by Gasteiger charge is -2.29. The third-order valence-corrected chi connectivity index (χ3v) is 3.97. The first-order valence-corrected chi connectivity index (χ1v) is 9.22. The predicted molar refractivity (Wildman–Crippen MR) is 105 cm³/mol. The number of hydrogen-bond donors (Lipinski definition) is 0. The molecule has 0 N–H and O–H groups in total. The fourth-order valence-corrected chi connectivity index (χ4v) is 2.81. The van der Waals surface area contributed by atoms with Crippen molar-refractivity contribution >= 4 is 23.5 Å². The smallest absolute Gasteiger partial charge is 0.414 e. The number of benzene rings is 1. The Morgan fingerprint density at radius 2 is 1.74 bits per heavy atom. The first-order valence-electron chi connectivity index (χ1n) is 9.22. The number of ketones is 1. The highest BCUT2D eigenvalue weighted by atomic mass is 16.6. The van der Waals surface area contributed by atoms with Crippen LogP contribution >= 0.6 is 0 Å². The lowest BCUT2D eigenvalue weighted by molar-refractivity contribution is -0.118. The van der Waals surface area contributed by atoms with Gasteiger partial charge in [0.1, 0.15) is 11.4 Å². The van der Waals surface area contributed by atoms with Gasteiger partial charge in [-0.1, -0.05) is 13.0 Å². The van der Waals surface area contributed by atoms with Crippen molar-refractivity contribution in [2.75, 3.05) is 18.6 Å². The molecule has 0 heterocycles. The molecule has 0 radical (unpaired) electrons. The topological polar surface area (TPSA) is 72.9 Å². The number of methoxy groups -OCH3 is 1. The summed E-state index contributed by atoms with van der Waals surface area (Å²) in [6.07, 6.45) is 0.765. The predicted octanol–water partition coefficient (Wildman–Crippen LogP) is 4.59. The van der Waals surface area contributed by atoms with Gasteiger partial charge in [-0.25, -0.2) is 9.59 Å². The van der Waals surface area contributed by atoms with Crippen molar-refractivity contribution in [2.45, 2.75) is 66.4 Å². The van der Waals surface area contributed by atoms with E-state index in [9.17, 15) is 14.4 Å². The Morgan fingerprint density at radius 3 is 2.26 bits per heavy atom. The quantitative estimate of drug-likeness (QED) is 0.650. The van der Waals surface area contributed by atoms with Crippen molar-refractivity contribution < 1.29 is 23.9 Å². The van der Waals surface area contributed by atoms with Gasteiger partial charge in [-0.3, -0.25) is 9.69 Å².